The van der Waals surface area contributed by atoms with Crippen LogP contribution in [0.1, 0.15) is 30.9 Å². The van der Waals surface area contributed by atoms with Gasteiger partial charge in [0.1, 0.15) is 5.82 Å². The second-order valence-electron chi connectivity index (χ2n) is 5.41. The van der Waals surface area contributed by atoms with Crippen LogP contribution in [-0.2, 0) is 6.42 Å². The molecule has 0 aromatic carbocycles. The van der Waals surface area contributed by atoms with Crippen molar-refractivity contribution in [1.29, 1.82) is 0 Å². The van der Waals surface area contributed by atoms with Crippen LogP contribution in [0.4, 0.5) is 0 Å². The fourth-order valence-electron chi connectivity index (χ4n) is 1.87. The summed E-state index contributed by atoms with van der Waals surface area (Å²) in [4.78, 5) is 10.3. The zero-order valence-corrected chi connectivity index (χ0v) is 12.1. The van der Waals surface area contributed by atoms with Crippen molar-refractivity contribution in [3.05, 3.63) is 34.6 Å². The highest BCUT2D eigenvalue weighted by Crippen LogP contribution is 2.28. The van der Waals surface area contributed by atoms with Crippen LogP contribution in [0.25, 0.3) is 10.6 Å². The largest absolute Gasteiger partial charge is 0.325 e. The van der Waals surface area contributed by atoms with Crippen LogP contribution < -0.4 is 5.73 Å². The smallest absolute Gasteiger partial charge is 0.131 e. The number of aryl methyl sites for hydroxylation is 2. The molecular formula is C14H19N3S. The molecule has 0 aliphatic carbocycles. The minimum Gasteiger partial charge on any atom is -0.325 e. The molecule has 0 radical (unpaired) electrons. The number of hydrogen-bond donors (Lipinski definition) is 1. The maximum atomic E-state index is 6.04. The molecule has 0 amide bonds. The number of aromatic nitrogens is 2. The van der Waals surface area contributed by atoms with Crippen LogP contribution in [0.3, 0.4) is 0 Å². The van der Waals surface area contributed by atoms with Gasteiger partial charge in [0.05, 0.1) is 10.6 Å². The van der Waals surface area contributed by atoms with Crippen LogP contribution in [-0.4, -0.2) is 15.5 Å². The van der Waals surface area contributed by atoms with Gasteiger partial charge in [0.25, 0.3) is 0 Å². The minimum atomic E-state index is -0.282. The molecule has 2 rings (SSSR count). The highest BCUT2D eigenvalue weighted by molar-refractivity contribution is 7.13. The third-order valence-electron chi connectivity index (χ3n) is 2.61. The van der Waals surface area contributed by atoms with Gasteiger partial charge < -0.3 is 5.73 Å². The Morgan fingerprint density at radius 3 is 2.56 bits per heavy atom. The lowest BCUT2D eigenvalue weighted by atomic mass is 10.0. The molecule has 4 heteroatoms. The summed E-state index contributed by atoms with van der Waals surface area (Å²) in [7, 11) is 0. The van der Waals surface area contributed by atoms with Crippen LogP contribution in [0.15, 0.2) is 17.5 Å². The quantitative estimate of drug-likeness (QED) is 0.923. The summed E-state index contributed by atoms with van der Waals surface area (Å²) in [5, 5.41) is 2.09. The second-order valence-corrected chi connectivity index (χ2v) is 6.33. The fourth-order valence-corrected chi connectivity index (χ4v) is 2.76. The minimum absolute atomic E-state index is 0.282. The molecule has 0 saturated heterocycles. The van der Waals surface area contributed by atoms with Gasteiger partial charge in [0, 0.05) is 17.7 Å². The van der Waals surface area contributed by atoms with E-state index in [4.69, 9.17) is 5.73 Å². The molecule has 2 heterocycles. The molecule has 0 bridgehead atoms. The number of nitrogens with two attached hydrogens (primary N) is 1. The van der Waals surface area contributed by atoms with Crippen LogP contribution >= 0.6 is 11.3 Å². The molecule has 0 unspecified atom stereocenters. The Bertz CT molecular complexity index is 552. The van der Waals surface area contributed by atoms with Gasteiger partial charge in [-0.05, 0) is 50.8 Å². The first-order valence-electron chi connectivity index (χ1n) is 6.03. The Morgan fingerprint density at radius 2 is 2.00 bits per heavy atom. The predicted octanol–water partition coefficient (Wildman–Crippen LogP) is 3.10. The fraction of sp³-hybridized carbons (Fsp3) is 0.429. The van der Waals surface area contributed by atoms with E-state index in [1.54, 1.807) is 11.3 Å². The summed E-state index contributed by atoms with van der Waals surface area (Å²) in [5.74, 6) is 0.824. The molecule has 0 aliphatic rings. The molecule has 2 aromatic rings. The van der Waals surface area contributed by atoms with Gasteiger partial charge in [-0.25, -0.2) is 9.97 Å². The molecule has 18 heavy (non-hydrogen) atoms. The first-order chi connectivity index (χ1) is 8.35. The van der Waals surface area contributed by atoms with Crippen LogP contribution in [0.5, 0.6) is 0 Å². The number of rotatable bonds is 3. The summed E-state index contributed by atoms with van der Waals surface area (Å²) in [6, 6.07) is 4.15. The molecule has 2 aromatic heterocycles. The lowest BCUT2D eigenvalue weighted by Gasteiger charge is -2.17. The lowest BCUT2D eigenvalue weighted by Crippen LogP contribution is -2.35. The Labute approximate surface area is 112 Å². The zero-order valence-electron chi connectivity index (χ0n) is 11.3. The van der Waals surface area contributed by atoms with Crippen molar-refractivity contribution in [3.8, 4) is 10.6 Å². The highest BCUT2D eigenvalue weighted by Gasteiger charge is 2.15. The van der Waals surface area contributed by atoms with E-state index in [-0.39, 0.29) is 5.54 Å². The summed E-state index contributed by atoms with van der Waals surface area (Å²) in [6.45, 7) is 8.10. The SMILES string of the molecule is Cc1cc(-c2sccc2C)nc(CC(C)(C)N)n1. The summed E-state index contributed by atoms with van der Waals surface area (Å²) in [5.41, 5.74) is 9.02. The van der Waals surface area contributed by atoms with Crippen LogP contribution in [0, 0.1) is 13.8 Å². The zero-order chi connectivity index (χ0) is 13.3. The number of nitrogens with zero attached hydrogens (tertiary/aromatic N) is 2. The van der Waals surface area contributed by atoms with Crippen molar-refractivity contribution in [2.45, 2.75) is 39.7 Å². The average molecular weight is 261 g/mol. The van der Waals surface area contributed by atoms with E-state index in [2.05, 4.69) is 28.3 Å². The highest BCUT2D eigenvalue weighted by atomic mass is 32.1. The number of thiophene rings is 1. The molecule has 0 saturated carbocycles. The normalized spacial score (nSPS) is 11.8. The van der Waals surface area contributed by atoms with E-state index < -0.39 is 0 Å². The maximum Gasteiger partial charge on any atom is 0.131 e. The first kappa shape index (κ1) is 13.2. The molecule has 0 fully saturated rings. The van der Waals surface area contributed by atoms with Gasteiger partial charge in [0.15, 0.2) is 0 Å². The van der Waals surface area contributed by atoms with Crippen molar-refractivity contribution in [1.82, 2.24) is 9.97 Å². The van der Waals surface area contributed by atoms with Gasteiger partial charge >= 0.3 is 0 Å². The maximum absolute atomic E-state index is 6.04. The summed E-state index contributed by atoms with van der Waals surface area (Å²) < 4.78 is 0. The molecule has 3 nitrogen and oxygen atoms in total. The van der Waals surface area contributed by atoms with E-state index in [0.717, 1.165) is 17.2 Å². The molecule has 96 valence electrons. The standard InChI is InChI=1S/C14H19N3S/c1-9-5-6-18-13(9)11-7-10(2)16-12(17-11)8-14(3,4)15/h5-7H,8,15H2,1-4H3. The Kier molecular flexibility index (Phi) is 3.50. The van der Waals surface area contributed by atoms with Crippen molar-refractivity contribution in [2.75, 3.05) is 0 Å². The Hall–Kier alpha value is -1.26. The van der Waals surface area contributed by atoms with Crippen molar-refractivity contribution >= 4 is 11.3 Å². The predicted molar refractivity (Wildman–Crippen MR) is 76.8 cm³/mol. The van der Waals surface area contributed by atoms with Crippen molar-refractivity contribution in [3.63, 3.8) is 0 Å². The van der Waals surface area contributed by atoms with Gasteiger partial charge in [0.2, 0.25) is 0 Å². The van der Waals surface area contributed by atoms with E-state index in [1.807, 2.05) is 26.8 Å². The molecular weight excluding hydrogens is 242 g/mol. The molecule has 0 spiro atoms. The number of hydrogen-bond acceptors (Lipinski definition) is 4. The third-order valence-corrected chi connectivity index (χ3v) is 3.65. The molecule has 2 N–H and O–H groups in total. The monoisotopic (exact) mass is 261 g/mol. The van der Waals surface area contributed by atoms with Crippen molar-refractivity contribution in [2.24, 2.45) is 5.73 Å². The second kappa shape index (κ2) is 4.78. The lowest BCUT2D eigenvalue weighted by molar-refractivity contribution is 0.502. The van der Waals surface area contributed by atoms with Gasteiger partial charge in [-0.2, -0.15) is 0 Å². The first-order valence-corrected chi connectivity index (χ1v) is 6.91. The Morgan fingerprint density at radius 1 is 1.28 bits per heavy atom. The van der Waals surface area contributed by atoms with Gasteiger partial charge in [-0.15, -0.1) is 11.3 Å². The summed E-state index contributed by atoms with van der Waals surface area (Å²) >= 11 is 1.72. The van der Waals surface area contributed by atoms with E-state index in [9.17, 15) is 0 Å². The van der Waals surface area contributed by atoms with Crippen molar-refractivity contribution < 1.29 is 0 Å². The van der Waals surface area contributed by atoms with E-state index in [0.29, 0.717) is 6.42 Å². The van der Waals surface area contributed by atoms with E-state index in [1.165, 1.54) is 10.4 Å². The van der Waals surface area contributed by atoms with Crippen LogP contribution in [0.2, 0.25) is 0 Å². The Balaban J connectivity index is 2.42. The molecule has 0 aliphatic heterocycles. The van der Waals surface area contributed by atoms with Gasteiger partial charge in [-0.1, -0.05) is 0 Å². The average Bonchev–Trinajstić information content (AvgIpc) is 2.60. The topological polar surface area (TPSA) is 51.8 Å². The summed E-state index contributed by atoms with van der Waals surface area (Å²) in [6.07, 6.45) is 0.687. The third kappa shape index (κ3) is 3.15. The molecule has 0 atom stereocenters. The van der Waals surface area contributed by atoms with E-state index >= 15 is 0 Å². The van der Waals surface area contributed by atoms with Gasteiger partial charge in [-0.3, -0.25) is 0 Å².